The van der Waals surface area contributed by atoms with E-state index in [9.17, 15) is 13.2 Å². The van der Waals surface area contributed by atoms with Crippen LogP contribution in [0.25, 0.3) is 0 Å². The molecule has 1 amide bonds. The van der Waals surface area contributed by atoms with Crippen molar-refractivity contribution >= 4 is 15.9 Å². The molecule has 2 rings (SSSR count). The van der Waals surface area contributed by atoms with Crippen molar-refractivity contribution in [1.29, 1.82) is 0 Å². The van der Waals surface area contributed by atoms with Crippen LogP contribution in [0.2, 0.25) is 0 Å². The van der Waals surface area contributed by atoms with Crippen LogP contribution in [0.1, 0.15) is 6.04 Å². The Morgan fingerprint density at radius 2 is 2.00 bits per heavy atom. The van der Waals surface area contributed by atoms with Gasteiger partial charge in [0.15, 0.2) is 0 Å². The molecule has 0 spiro atoms. The predicted octanol–water partition coefficient (Wildman–Crippen LogP) is -1.52. The molecule has 22 heavy (non-hydrogen) atoms. The van der Waals surface area contributed by atoms with Crippen molar-refractivity contribution < 1.29 is 13.2 Å². The Labute approximate surface area is 130 Å². The molecule has 2 atom stereocenters. The summed E-state index contributed by atoms with van der Waals surface area (Å²) in [7, 11) is 1.94. The molecule has 0 unspecified atom stereocenters. The smallest absolute Gasteiger partial charge is 0.238 e. The first-order valence-corrected chi connectivity index (χ1v) is 8.76. The standard InChI is InChI=1S/C12H22N6O3S/c1-15(2)10-7-17(8-11(10)18-6-5-13-14-18)12(19)9-16(3)22(4,20)21/h5-6,10-11H,7-9H2,1-4H3/t10-,11+/m1/s1. The van der Waals surface area contributed by atoms with Crippen LogP contribution in [0.4, 0.5) is 0 Å². The average molecular weight is 330 g/mol. The lowest BCUT2D eigenvalue weighted by molar-refractivity contribution is -0.130. The molecule has 1 aromatic heterocycles. The summed E-state index contributed by atoms with van der Waals surface area (Å²) in [6.45, 7) is 0.875. The molecule has 1 saturated heterocycles. The van der Waals surface area contributed by atoms with Crippen LogP contribution < -0.4 is 0 Å². The summed E-state index contributed by atoms with van der Waals surface area (Å²) >= 11 is 0. The molecule has 0 N–H and O–H groups in total. The maximum absolute atomic E-state index is 12.3. The number of hydrogen-bond donors (Lipinski definition) is 0. The molecule has 124 valence electrons. The second-order valence-electron chi connectivity index (χ2n) is 5.80. The maximum Gasteiger partial charge on any atom is 0.238 e. The second-order valence-corrected chi connectivity index (χ2v) is 7.89. The lowest BCUT2D eigenvalue weighted by Gasteiger charge is -2.24. The van der Waals surface area contributed by atoms with Crippen LogP contribution >= 0.6 is 0 Å². The summed E-state index contributed by atoms with van der Waals surface area (Å²) in [4.78, 5) is 16.1. The number of carbonyl (C=O) groups excluding carboxylic acids is 1. The summed E-state index contributed by atoms with van der Waals surface area (Å²) in [5.74, 6) is -0.206. The van der Waals surface area contributed by atoms with Gasteiger partial charge in [-0.3, -0.25) is 4.79 Å². The molecular formula is C12H22N6O3S. The highest BCUT2D eigenvalue weighted by Crippen LogP contribution is 2.24. The summed E-state index contributed by atoms with van der Waals surface area (Å²) in [6, 6.07) is 0.110. The number of sulfonamides is 1. The molecule has 0 aromatic carbocycles. The fourth-order valence-electron chi connectivity index (χ4n) is 2.54. The Morgan fingerprint density at radius 1 is 1.32 bits per heavy atom. The number of nitrogens with zero attached hydrogens (tertiary/aromatic N) is 6. The zero-order valence-corrected chi connectivity index (χ0v) is 14.1. The molecule has 1 aliphatic rings. The van der Waals surface area contributed by atoms with Crippen LogP contribution in [0.5, 0.6) is 0 Å². The molecule has 0 radical (unpaired) electrons. The highest BCUT2D eigenvalue weighted by Gasteiger charge is 2.38. The third-order valence-electron chi connectivity index (χ3n) is 3.98. The van der Waals surface area contributed by atoms with E-state index in [4.69, 9.17) is 0 Å². The topological polar surface area (TPSA) is 91.6 Å². The van der Waals surface area contributed by atoms with E-state index in [0.29, 0.717) is 13.1 Å². The molecule has 1 aromatic rings. The molecular weight excluding hydrogens is 308 g/mol. The number of aromatic nitrogens is 3. The highest BCUT2D eigenvalue weighted by molar-refractivity contribution is 7.88. The minimum absolute atomic E-state index is 0.00462. The Morgan fingerprint density at radius 3 is 2.50 bits per heavy atom. The van der Waals surface area contributed by atoms with Gasteiger partial charge in [-0.1, -0.05) is 5.21 Å². The van der Waals surface area contributed by atoms with Crippen LogP contribution in [0.3, 0.4) is 0 Å². The first-order chi connectivity index (χ1) is 10.2. The van der Waals surface area contributed by atoms with Gasteiger partial charge in [0.1, 0.15) is 0 Å². The van der Waals surface area contributed by atoms with Gasteiger partial charge in [-0.2, -0.15) is 4.31 Å². The van der Waals surface area contributed by atoms with E-state index < -0.39 is 10.0 Å². The lowest BCUT2D eigenvalue weighted by atomic mass is 10.1. The van der Waals surface area contributed by atoms with Crippen molar-refractivity contribution in [3.8, 4) is 0 Å². The number of carbonyl (C=O) groups is 1. The van der Waals surface area contributed by atoms with Gasteiger partial charge in [0.05, 0.1) is 31.1 Å². The van der Waals surface area contributed by atoms with Gasteiger partial charge >= 0.3 is 0 Å². The summed E-state index contributed by atoms with van der Waals surface area (Å²) in [6.07, 6.45) is 4.47. The van der Waals surface area contributed by atoms with E-state index >= 15 is 0 Å². The summed E-state index contributed by atoms with van der Waals surface area (Å²) < 4.78 is 25.7. The number of amides is 1. The predicted molar refractivity (Wildman–Crippen MR) is 80.6 cm³/mol. The fraction of sp³-hybridized carbons (Fsp3) is 0.750. The van der Waals surface area contributed by atoms with Gasteiger partial charge < -0.3 is 9.80 Å². The molecule has 1 fully saturated rings. The van der Waals surface area contributed by atoms with Crippen LogP contribution in [0, 0.1) is 0 Å². The minimum atomic E-state index is -3.37. The SMILES string of the molecule is CN(C)[C@@H]1CN(C(=O)CN(C)S(C)(=O)=O)C[C@@H]1n1ccnn1. The zero-order valence-electron chi connectivity index (χ0n) is 13.2. The van der Waals surface area contributed by atoms with Gasteiger partial charge in [-0.15, -0.1) is 5.10 Å². The van der Waals surface area contributed by atoms with Crippen LogP contribution in [-0.4, -0.2) is 96.5 Å². The van der Waals surface area contributed by atoms with E-state index in [1.54, 1.807) is 22.0 Å². The van der Waals surface area contributed by atoms with Crippen molar-refractivity contribution in [1.82, 2.24) is 29.1 Å². The molecule has 1 aliphatic heterocycles. The van der Waals surface area contributed by atoms with Crippen molar-refractivity contribution in [2.75, 3.05) is 47.0 Å². The molecule has 10 heteroatoms. The van der Waals surface area contributed by atoms with Crippen molar-refractivity contribution in [2.45, 2.75) is 12.1 Å². The zero-order chi connectivity index (χ0) is 16.5. The second kappa shape index (κ2) is 6.31. The quantitative estimate of drug-likeness (QED) is 0.651. The van der Waals surface area contributed by atoms with Gasteiger partial charge in [-0.25, -0.2) is 13.1 Å². The lowest BCUT2D eigenvalue weighted by Crippen LogP contribution is -2.41. The Hall–Kier alpha value is -1.52. The first-order valence-electron chi connectivity index (χ1n) is 6.91. The molecule has 0 saturated carbocycles. The largest absolute Gasteiger partial charge is 0.338 e. The molecule has 2 heterocycles. The van der Waals surface area contributed by atoms with Gasteiger partial charge in [0.2, 0.25) is 15.9 Å². The normalized spacial score (nSPS) is 22.7. The van der Waals surface area contributed by atoms with E-state index in [2.05, 4.69) is 10.3 Å². The highest BCUT2D eigenvalue weighted by atomic mass is 32.2. The Bertz CT molecular complexity index is 615. The minimum Gasteiger partial charge on any atom is -0.338 e. The first kappa shape index (κ1) is 16.8. The van der Waals surface area contributed by atoms with E-state index in [1.807, 2.05) is 19.0 Å². The molecule has 9 nitrogen and oxygen atoms in total. The summed E-state index contributed by atoms with van der Waals surface area (Å²) in [5.41, 5.74) is 0. The van der Waals surface area contributed by atoms with Crippen LogP contribution in [-0.2, 0) is 14.8 Å². The van der Waals surface area contributed by atoms with Gasteiger partial charge in [0, 0.05) is 26.3 Å². The number of rotatable bonds is 5. The monoisotopic (exact) mass is 330 g/mol. The average Bonchev–Trinajstić information content (AvgIpc) is 3.06. The maximum atomic E-state index is 12.3. The molecule has 0 bridgehead atoms. The van der Waals surface area contributed by atoms with Gasteiger partial charge in [-0.05, 0) is 14.1 Å². The third kappa shape index (κ3) is 3.62. The summed E-state index contributed by atoms with van der Waals surface area (Å²) in [5, 5.41) is 7.84. The third-order valence-corrected chi connectivity index (χ3v) is 5.24. The number of hydrogen-bond acceptors (Lipinski definition) is 6. The fourth-order valence-corrected chi connectivity index (χ4v) is 2.89. The number of likely N-dealkylation sites (N-methyl/N-ethyl adjacent to an activating group) is 2. The van der Waals surface area contributed by atoms with E-state index in [-0.39, 0.29) is 24.5 Å². The van der Waals surface area contributed by atoms with Crippen molar-refractivity contribution in [3.63, 3.8) is 0 Å². The van der Waals surface area contributed by atoms with E-state index in [0.717, 1.165) is 10.6 Å². The number of likely N-dealkylation sites (tertiary alicyclic amines) is 1. The van der Waals surface area contributed by atoms with Crippen LogP contribution in [0.15, 0.2) is 12.4 Å². The van der Waals surface area contributed by atoms with Crippen molar-refractivity contribution in [3.05, 3.63) is 12.4 Å². The van der Waals surface area contributed by atoms with Gasteiger partial charge in [0.25, 0.3) is 0 Å². The molecule has 0 aliphatic carbocycles. The van der Waals surface area contributed by atoms with E-state index in [1.165, 1.54) is 7.05 Å². The Balaban J connectivity index is 2.09. The van der Waals surface area contributed by atoms with Crippen molar-refractivity contribution in [2.24, 2.45) is 0 Å². The Kier molecular flexibility index (Phi) is 4.83.